The van der Waals surface area contributed by atoms with Gasteiger partial charge in [-0.25, -0.2) is 0 Å². The van der Waals surface area contributed by atoms with Crippen molar-refractivity contribution in [2.75, 3.05) is 6.61 Å². The number of allylic oxidation sites excluding steroid dienone is 2. The molecule has 1 heterocycles. The second kappa shape index (κ2) is 3.16. The van der Waals surface area contributed by atoms with Crippen LogP contribution in [0.5, 0.6) is 5.75 Å². The Morgan fingerprint density at radius 3 is 3.14 bits per heavy atom. The smallest absolute Gasteiger partial charge is 0.123 e. The molecule has 0 fully saturated rings. The van der Waals surface area contributed by atoms with E-state index in [2.05, 4.69) is 30.4 Å². The Kier molecular flexibility index (Phi) is 1.83. The molecule has 1 aromatic rings. The van der Waals surface area contributed by atoms with E-state index in [0.717, 1.165) is 12.4 Å². The van der Waals surface area contributed by atoms with Crippen molar-refractivity contribution in [1.29, 1.82) is 0 Å². The first-order valence-electron chi connectivity index (χ1n) is 5.33. The van der Waals surface area contributed by atoms with Crippen LogP contribution in [0.2, 0.25) is 0 Å². The average molecular weight is 186 g/mol. The summed E-state index contributed by atoms with van der Waals surface area (Å²) in [5, 5.41) is 0. The normalized spacial score (nSPS) is 28.9. The lowest BCUT2D eigenvalue weighted by Crippen LogP contribution is -2.26. The second-order valence-corrected chi connectivity index (χ2v) is 4.14. The molecule has 2 atom stereocenters. The van der Waals surface area contributed by atoms with E-state index in [4.69, 9.17) is 4.74 Å². The molecule has 0 N–H and O–H groups in total. The van der Waals surface area contributed by atoms with Crippen molar-refractivity contribution in [3.05, 3.63) is 42.0 Å². The molecule has 0 unspecified atom stereocenters. The third-order valence-corrected chi connectivity index (χ3v) is 3.29. The zero-order valence-electron chi connectivity index (χ0n) is 8.15. The molecule has 1 aliphatic heterocycles. The second-order valence-electron chi connectivity index (χ2n) is 4.14. The van der Waals surface area contributed by atoms with E-state index in [9.17, 15) is 0 Å². The van der Waals surface area contributed by atoms with Crippen molar-refractivity contribution in [3.8, 4) is 5.75 Å². The molecule has 1 aromatic carbocycles. The van der Waals surface area contributed by atoms with E-state index in [0.29, 0.717) is 11.8 Å². The van der Waals surface area contributed by atoms with Gasteiger partial charge in [0.15, 0.2) is 0 Å². The predicted molar refractivity (Wildman–Crippen MR) is 56.5 cm³/mol. The predicted octanol–water partition coefficient (Wildman–Crippen LogP) is 3.13. The topological polar surface area (TPSA) is 9.23 Å². The van der Waals surface area contributed by atoms with Gasteiger partial charge in [-0.05, 0) is 18.9 Å². The number of ether oxygens (including phenoxy) is 1. The number of para-hydroxylation sites is 1. The van der Waals surface area contributed by atoms with Crippen LogP contribution >= 0.6 is 0 Å². The summed E-state index contributed by atoms with van der Waals surface area (Å²) in [6.45, 7) is 0.895. The van der Waals surface area contributed by atoms with Gasteiger partial charge in [-0.15, -0.1) is 0 Å². The van der Waals surface area contributed by atoms with Gasteiger partial charge >= 0.3 is 0 Å². The van der Waals surface area contributed by atoms with E-state index in [1.54, 1.807) is 0 Å². The van der Waals surface area contributed by atoms with Crippen molar-refractivity contribution in [2.45, 2.75) is 18.8 Å². The van der Waals surface area contributed by atoms with Crippen molar-refractivity contribution < 1.29 is 4.74 Å². The van der Waals surface area contributed by atoms with Crippen LogP contribution < -0.4 is 4.74 Å². The van der Waals surface area contributed by atoms with E-state index in [1.807, 2.05) is 6.07 Å². The molecule has 0 aromatic heterocycles. The fraction of sp³-hybridized carbons (Fsp3) is 0.385. The van der Waals surface area contributed by atoms with Crippen LogP contribution in [0.25, 0.3) is 0 Å². The van der Waals surface area contributed by atoms with Crippen molar-refractivity contribution >= 4 is 0 Å². The summed E-state index contributed by atoms with van der Waals surface area (Å²) in [7, 11) is 0. The quantitative estimate of drug-likeness (QED) is 0.566. The molecule has 0 spiro atoms. The SMILES string of the molecule is C1=C[C@@H]2c3ccccc3OC[C@@H]2CC1. The molecule has 14 heavy (non-hydrogen) atoms. The third kappa shape index (κ3) is 1.16. The highest BCUT2D eigenvalue weighted by atomic mass is 16.5. The maximum atomic E-state index is 5.76. The zero-order valence-corrected chi connectivity index (χ0v) is 8.15. The van der Waals surface area contributed by atoms with Crippen molar-refractivity contribution in [1.82, 2.24) is 0 Å². The Morgan fingerprint density at radius 2 is 2.14 bits per heavy atom. The third-order valence-electron chi connectivity index (χ3n) is 3.29. The van der Waals surface area contributed by atoms with Gasteiger partial charge in [0, 0.05) is 17.4 Å². The Bertz CT molecular complexity index is 367. The average Bonchev–Trinajstić information content (AvgIpc) is 2.29. The van der Waals surface area contributed by atoms with Gasteiger partial charge in [0.25, 0.3) is 0 Å². The van der Waals surface area contributed by atoms with Gasteiger partial charge in [0.05, 0.1) is 6.61 Å². The highest BCUT2D eigenvalue weighted by Gasteiger charge is 2.29. The molecule has 0 amide bonds. The first-order valence-corrected chi connectivity index (χ1v) is 5.33. The summed E-state index contributed by atoms with van der Waals surface area (Å²) in [5.74, 6) is 2.39. The molecule has 0 saturated heterocycles. The van der Waals surface area contributed by atoms with Gasteiger partial charge in [0.1, 0.15) is 5.75 Å². The van der Waals surface area contributed by atoms with E-state index in [-0.39, 0.29) is 0 Å². The first-order chi connectivity index (χ1) is 6.95. The van der Waals surface area contributed by atoms with E-state index in [1.165, 1.54) is 18.4 Å². The summed E-state index contributed by atoms with van der Waals surface area (Å²) in [6.07, 6.45) is 7.15. The number of benzene rings is 1. The minimum absolute atomic E-state index is 0.605. The Hall–Kier alpha value is -1.24. The summed E-state index contributed by atoms with van der Waals surface area (Å²) in [6, 6.07) is 8.43. The molecule has 1 heteroatoms. The molecule has 1 aliphatic carbocycles. The highest BCUT2D eigenvalue weighted by Crippen LogP contribution is 2.41. The Labute approximate surface area is 84.4 Å². The van der Waals surface area contributed by atoms with Crippen LogP contribution in [-0.4, -0.2) is 6.61 Å². The van der Waals surface area contributed by atoms with E-state index >= 15 is 0 Å². The largest absolute Gasteiger partial charge is 0.493 e. The maximum absolute atomic E-state index is 5.76. The van der Waals surface area contributed by atoms with Crippen LogP contribution in [0.3, 0.4) is 0 Å². The molecular weight excluding hydrogens is 172 g/mol. The molecule has 1 nitrogen and oxygen atoms in total. The lowest BCUT2D eigenvalue weighted by Gasteiger charge is -2.33. The molecule has 3 rings (SSSR count). The lowest BCUT2D eigenvalue weighted by atomic mass is 9.78. The summed E-state index contributed by atoms with van der Waals surface area (Å²) in [4.78, 5) is 0. The number of hydrogen-bond donors (Lipinski definition) is 0. The molecular formula is C13H14O. The Morgan fingerprint density at radius 1 is 1.21 bits per heavy atom. The fourth-order valence-electron chi connectivity index (χ4n) is 2.52. The summed E-state index contributed by atoms with van der Waals surface area (Å²) in [5.41, 5.74) is 1.37. The van der Waals surface area contributed by atoms with Gasteiger partial charge in [-0.2, -0.15) is 0 Å². The van der Waals surface area contributed by atoms with Crippen LogP contribution in [-0.2, 0) is 0 Å². The van der Waals surface area contributed by atoms with Gasteiger partial charge < -0.3 is 4.74 Å². The lowest BCUT2D eigenvalue weighted by molar-refractivity contribution is 0.196. The monoisotopic (exact) mass is 186 g/mol. The van der Waals surface area contributed by atoms with E-state index < -0.39 is 0 Å². The number of hydrogen-bond acceptors (Lipinski definition) is 1. The first kappa shape index (κ1) is 8.10. The molecule has 0 radical (unpaired) electrons. The fourth-order valence-corrected chi connectivity index (χ4v) is 2.52. The van der Waals surface area contributed by atoms with Gasteiger partial charge in [-0.3, -0.25) is 0 Å². The summed E-state index contributed by atoms with van der Waals surface area (Å²) < 4.78 is 5.76. The highest BCUT2D eigenvalue weighted by molar-refractivity contribution is 5.41. The van der Waals surface area contributed by atoms with Gasteiger partial charge in [-0.1, -0.05) is 30.4 Å². The molecule has 0 bridgehead atoms. The van der Waals surface area contributed by atoms with Gasteiger partial charge in [0.2, 0.25) is 0 Å². The summed E-state index contributed by atoms with van der Waals surface area (Å²) >= 11 is 0. The standard InChI is InChI=1S/C13H14O/c1-2-6-11-10(5-1)9-14-13-8-4-3-7-12(11)13/h2-4,6-8,10-11H,1,5,9H2/t10-,11-/m0/s1. The Balaban J connectivity index is 2.07. The van der Waals surface area contributed by atoms with Crippen LogP contribution in [0, 0.1) is 5.92 Å². The van der Waals surface area contributed by atoms with Crippen LogP contribution in [0.1, 0.15) is 24.3 Å². The van der Waals surface area contributed by atoms with Crippen LogP contribution in [0.4, 0.5) is 0 Å². The van der Waals surface area contributed by atoms with Crippen LogP contribution in [0.15, 0.2) is 36.4 Å². The van der Waals surface area contributed by atoms with Crippen molar-refractivity contribution in [3.63, 3.8) is 0 Å². The molecule has 2 aliphatic rings. The zero-order chi connectivity index (χ0) is 9.38. The minimum atomic E-state index is 0.605. The molecule has 72 valence electrons. The molecule has 0 saturated carbocycles. The number of rotatable bonds is 0. The van der Waals surface area contributed by atoms with Crippen molar-refractivity contribution in [2.24, 2.45) is 5.92 Å². The maximum Gasteiger partial charge on any atom is 0.123 e. The minimum Gasteiger partial charge on any atom is -0.493 e. The number of fused-ring (bicyclic) bond motifs is 3.